The van der Waals surface area contributed by atoms with Crippen molar-refractivity contribution in [1.82, 2.24) is 0 Å². The Morgan fingerprint density at radius 3 is 2.43 bits per heavy atom. The van der Waals surface area contributed by atoms with Crippen LogP contribution in [0.15, 0.2) is 54.6 Å². The van der Waals surface area contributed by atoms with Crippen molar-refractivity contribution in [2.24, 2.45) is 11.3 Å². The summed E-state index contributed by atoms with van der Waals surface area (Å²) < 4.78 is 71.7. The molecule has 0 amide bonds. The van der Waals surface area contributed by atoms with E-state index in [1.165, 1.54) is 19.2 Å². The highest BCUT2D eigenvalue weighted by Crippen LogP contribution is 2.65. The van der Waals surface area contributed by atoms with Gasteiger partial charge < -0.3 is 14.6 Å². The first kappa shape index (κ1) is 28.3. The van der Waals surface area contributed by atoms with Crippen molar-refractivity contribution in [3.05, 3.63) is 88.5 Å². The van der Waals surface area contributed by atoms with Gasteiger partial charge in [-0.1, -0.05) is 32.1 Å². The molecule has 0 bridgehead atoms. The van der Waals surface area contributed by atoms with Crippen LogP contribution in [0, 0.1) is 23.0 Å². The molecule has 0 aliphatic heterocycles. The topological polar surface area (TPSA) is 55.8 Å². The number of alkyl halides is 2. The summed E-state index contributed by atoms with van der Waals surface area (Å²) in [6.07, 6.45) is 3.49. The molecular weight excluding hydrogens is 548 g/mol. The first-order valence-corrected chi connectivity index (χ1v) is 14.1. The second-order valence-corrected chi connectivity index (χ2v) is 12.3. The third kappa shape index (κ3) is 4.56. The van der Waals surface area contributed by atoms with E-state index >= 15 is 8.78 Å². The standard InChI is InChI=1S/C34H32F4O4/c1-32(2)12-4-5-24(32)22-15-19(6-8-21(22)23-16-20(41-3)7-10-27(23)35)18-42-28-11-9-25-29(30(28)36)33(13-14-34(25,37)38)17-26(33)31(39)40/h5-11,15-16,26H,4,12-14,17-18H2,1-3H3,(H,39,40)/t26-,33-/m0/s1. The van der Waals surface area contributed by atoms with Crippen LogP contribution in [0.1, 0.15) is 68.2 Å². The van der Waals surface area contributed by atoms with Crippen LogP contribution in [0.2, 0.25) is 0 Å². The highest BCUT2D eigenvalue weighted by molar-refractivity contribution is 5.85. The van der Waals surface area contributed by atoms with Gasteiger partial charge in [0.25, 0.3) is 5.92 Å². The number of ether oxygens (including phenoxy) is 2. The molecule has 42 heavy (non-hydrogen) atoms. The van der Waals surface area contributed by atoms with Crippen LogP contribution in [0.25, 0.3) is 16.7 Å². The minimum Gasteiger partial charge on any atom is -0.497 e. The Kier molecular flexibility index (Phi) is 6.67. The number of fused-ring (bicyclic) bond motifs is 2. The van der Waals surface area contributed by atoms with Gasteiger partial charge in [-0.2, -0.15) is 0 Å². The summed E-state index contributed by atoms with van der Waals surface area (Å²) >= 11 is 0. The van der Waals surface area contributed by atoms with Gasteiger partial charge in [-0.3, -0.25) is 4.79 Å². The highest BCUT2D eigenvalue weighted by Gasteiger charge is 2.65. The summed E-state index contributed by atoms with van der Waals surface area (Å²) in [5.74, 6) is -6.24. The van der Waals surface area contributed by atoms with E-state index in [-0.39, 0.29) is 42.0 Å². The zero-order valence-electron chi connectivity index (χ0n) is 23.7. The predicted molar refractivity (Wildman–Crippen MR) is 151 cm³/mol. The number of methoxy groups -OCH3 is 1. The fraction of sp³-hybridized carbons (Fsp3) is 0.382. The van der Waals surface area contributed by atoms with Gasteiger partial charge in [0.2, 0.25) is 0 Å². The van der Waals surface area contributed by atoms with Crippen molar-refractivity contribution in [1.29, 1.82) is 0 Å². The van der Waals surface area contributed by atoms with Gasteiger partial charge >= 0.3 is 5.97 Å². The molecule has 3 aromatic rings. The predicted octanol–water partition coefficient (Wildman–Crippen LogP) is 8.65. The highest BCUT2D eigenvalue weighted by atomic mass is 19.3. The zero-order chi connectivity index (χ0) is 30.0. The van der Waals surface area contributed by atoms with E-state index in [0.29, 0.717) is 22.4 Å². The minimum atomic E-state index is -3.24. The number of halogens is 4. The van der Waals surface area contributed by atoms with Gasteiger partial charge in [-0.25, -0.2) is 17.6 Å². The van der Waals surface area contributed by atoms with Crippen molar-refractivity contribution in [2.45, 2.75) is 63.9 Å². The largest absolute Gasteiger partial charge is 0.497 e. The summed E-state index contributed by atoms with van der Waals surface area (Å²) in [5.41, 5.74) is 1.69. The average Bonchev–Trinajstić information content (AvgIpc) is 3.57. The molecule has 4 nitrogen and oxygen atoms in total. The molecule has 1 N–H and O–H groups in total. The Morgan fingerprint density at radius 2 is 1.76 bits per heavy atom. The Bertz CT molecular complexity index is 1630. The van der Waals surface area contributed by atoms with Crippen molar-refractivity contribution < 1.29 is 36.9 Å². The summed E-state index contributed by atoms with van der Waals surface area (Å²) in [4.78, 5) is 11.7. The Balaban J connectivity index is 1.36. The van der Waals surface area contributed by atoms with E-state index in [0.717, 1.165) is 30.0 Å². The van der Waals surface area contributed by atoms with Crippen LogP contribution in [0.5, 0.6) is 11.5 Å². The number of rotatable bonds is 7. The second-order valence-electron chi connectivity index (χ2n) is 12.3. The van der Waals surface area contributed by atoms with Crippen LogP contribution >= 0.6 is 0 Å². The Labute approximate surface area is 242 Å². The number of benzene rings is 3. The van der Waals surface area contributed by atoms with E-state index in [9.17, 15) is 18.7 Å². The van der Waals surface area contributed by atoms with Gasteiger partial charge in [-0.15, -0.1) is 0 Å². The van der Waals surface area contributed by atoms with Crippen LogP contribution in [-0.4, -0.2) is 18.2 Å². The molecule has 0 aromatic heterocycles. The number of aliphatic carboxylic acids is 1. The molecule has 8 heteroatoms. The van der Waals surface area contributed by atoms with Gasteiger partial charge in [0.1, 0.15) is 18.2 Å². The maximum Gasteiger partial charge on any atom is 0.307 e. The van der Waals surface area contributed by atoms with E-state index < -0.39 is 41.0 Å². The molecule has 6 rings (SSSR count). The maximum atomic E-state index is 15.9. The monoisotopic (exact) mass is 580 g/mol. The van der Waals surface area contributed by atoms with Crippen molar-refractivity contribution in [2.75, 3.05) is 7.11 Å². The van der Waals surface area contributed by atoms with E-state index in [1.807, 2.05) is 12.1 Å². The number of allylic oxidation sites excluding steroid dienone is 2. The fourth-order valence-electron chi connectivity index (χ4n) is 6.88. The van der Waals surface area contributed by atoms with Gasteiger partial charge in [0.05, 0.1) is 13.0 Å². The summed E-state index contributed by atoms with van der Waals surface area (Å²) in [6, 6.07) is 12.4. The Hall–Kier alpha value is -3.81. The number of carboxylic acids is 1. The van der Waals surface area contributed by atoms with Crippen LogP contribution in [-0.2, 0) is 22.7 Å². The SMILES string of the molecule is COc1ccc(F)c(-c2ccc(COc3ccc4c(c3F)[C@@]3(CCC4(F)F)C[C@H]3C(=O)O)cc2C2=CCCC2(C)C)c1. The van der Waals surface area contributed by atoms with Crippen molar-refractivity contribution in [3.8, 4) is 22.6 Å². The third-order valence-electron chi connectivity index (χ3n) is 9.34. The molecule has 220 valence electrons. The molecule has 1 fully saturated rings. The quantitative estimate of drug-likeness (QED) is 0.284. The van der Waals surface area contributed by atoms with Crippen LogP contribution in [0.4, 0.5) is 17.6 Å². The van der Waals surface area contributed by atoms with E-state index in [2.05, 4.69) is 19.9 Å². The normalized spacial score (nSPS) is 23.3. The zero-order valence-corrected chi connectivity index (χ0v) is 23.7. The van der Waals surface area contributed by atoms with E-state index in [1.54, 1.807) is 18.2 Å². The third-order valence-corrected chi connectivity index (χ3v) is 9.34. The Morgan fingerprint density at radius 1 is 0.976 bits per heavy atom. The molecule has 0 saturated heterocycles. The molecule has 0 radical (unpaired) electrons. The molecule has 1 saturated carbocycles. The van der Waals surface area contributed by atoms with E-state index in [4.69, 9.17) is 9.47 Å². The molecular formula is C34H32F4O4. The summed E-state index contributed by atoms with van der Waals surface area (Å²) in [5, 5.41) is 9.57. The lowest BCUT2D eigenvalue weighted by molar-refractivity contribution is -0.139. The number of hydrogen-bond acceptors (Lipinski definition) is 3. The lowest BCUT2D eigenvalue weighted by Crippen LogP contribution is -2.31. The molecule has 1 spiro atoms. The van der Waals surface area contributed by atoms with Crippen molar-refractivity contribution >= 4 is 11.5 Å². The summed E-state index contributed by atoms with van der Waals surface area (Å²) in [6.45, 7) is 4.21. The van der Waals surface area contributed by atoms with Gasteiger partial charge in [-0.05, 0) is 89.8 Å². The summed E-state index contributed by atoms with van der Waals surface area (Å²) in [7, 11) is 1.52. The molecule has 2 atom stereocenters. The molecule has 3 aliphatic rings. The van der Waals surface area contributed by atoms with Crippen LogP contribution < -0.4 is 9.47 Å². The molecule has 3 aromatic carbocycles. The minimum absolute atomic E-state index is 0.0664. The molecule has 3 aliphatic carbocycles. The maximum absolute atomic E-state index is 15.9. The second kappa shape index (κ2) is 9.89. The molecule has 0 heterocycles. The van der Waals surface area contributed by atoms with Gasteiger partial charge in [0.15, 0.2) is 11.6 Å². The number of hydrogen-bond donors (Lipinski definition) is 1. The first-order valence-electron chi connectivity index (χ1n) is 14.1. The fourth-order valence-corrected chi connectivity index (χ4v) is 6.88. The number of carboxylic acid groups (broad SMARTS) is 1. The van der Waals surface area contributed by atoms with Gasteiger partial charge in [0, 0.05) is 28.5 Å². The number of carbonyl (C=O) groups is 1. The smallest absolute Gasteiger partial charge is 0.307 e. The van der Waals surface area contributed by atoms with Crippen molar-refractivity contribution in [3.63, 3.8) is 0 Å². The van der Waals surface area contributed by atoms with Crippen LogP contribution in [0.3, 0.4) is 0 Å². The lowest BCUT2D eigenvalue weighted by atomic mass is 9.76. The average molecular weight is 581 g/mol. The first-order chi connectivity index (χ1) is 19.9. The molecule has 0 unspecified atom stereocenters. The lowest BCUT2D eigenvalue weighted by Gasteiger charge is -2.33.